The Hall–Kier alpha value is -1.46. The fraction of sp³-hybridized carbons (Fsp3) is 0.588. The van der Waals surface area contributed by atoms with Crippen LogP contribution in [-0.2, 0) is 0 Å². The minimum absolute atomic E-state index is 0.0376. The van der Waals surface area contributed by atoms with E-state index in [1.807, 2.05) is 4.90 Å². The Balaban J connectivity index is 2.06. The predicted octanol–water partition coefficient (Wildman–Crippen LogP) is 2.73. The zero-order valence-corrected chi connectivity index (χ0v) is 14.9. The van der Waals surface area contributed by atoms with Crippen LogP contribution in [0.4, 0.5) is 5.69 Å². The zero-order valence-electron chi connectivity index (χ0n) is 14.1. The van der Waals surface area contributed by atoms with Gasteiger partial charge in [0.15, 0.2) is 0 Å². The number of methoxy groups -OCH3 is 1. The Bertz CT molecular complexity index is 565. The number of hydrogen-bond acceptors (Lipinski definition) is 4. The molecule has 1 amide bonds. The minimum atomic E-state index is -0.0376. The third kappa shape index (κ3) is 4.30. The number of ether oxygens (including phenoxy) is 1. The van der Waals surface area contributed by atoms with E-state index < -0.39 is 0 Å². The summed E-state index contributed by atoms with van der Waals surface area (Å²) in [4.78, 5) is 17.0. The Morgan fingerprint density at radius 1 is 1.52 bits per heavy atom. The van der Waals surface area contributed by atoms with E-state index in [0.717, 1.165) is 39.0 Å². The number of nitrogen functional groups attached to an aromatic ring is 1. The molecule has 1 aliphatic heterocycles. The second-order valence-electron chi connectivity index (χ2n) is 6.24. The van der Waals surface area contributed by atoms with Crippen molar-refractivity contribution < 1.29 is 9.53 Å². The molecule has 1 aromatic rings. The van der Waals surface area contributed by atoms with E-state index in [-0.39, 0.29) is 5.91 Å². The average molecular weight is 340 g/mol. The lowest BCUT2D eigenvalue weighted by Crippen LogP contribution is -2.32. The minimum Gasteiger partial charge on any atom is -0.496 e. The summed E-state index contributed by atoms with van der Waals surface area (Å²) in [7, 11) is 3.67. The molecule has 0 aromatic heterocycles. The van der Waals surface area contributed by atoms with Gasteiger partial charge in [0.25, 0.3) is 5.91 Å². The fourth-order valence-corrected chi connectivity index (χ4v) is 3.32. The maximum absolute atomic E-state index is 12.8. The van der Waals surface area contributed by atoms with Crippen LogP contribution in [0, 0.1) is 5.92 Å². The van der Waals surface area contributed by atoms with Gasteiger partial charge in [-0.2, -0.15) is 0 Å². The van der Waals surface area contributed by atoms with Crippen molar-refractivity contribution in [2.24, 2.45) is 5.92 Å². The molecule has 23 heavy (non-hydrogen) atoms. The molecule has 1 fully saturated rings. The first-order chi connectivity index (χ1) is 11.0. The highest BCUT2D eigenvalue weighted by Gasteiger charge is 2.29. The number of carbonyl (C=O) groups is 1. The predicted molar refractivity (Wildman–Crippen MR) is 94.2 cm³/mol. The van der Waals surface area contributed by atoms with Crippen molar-refractivity contribution >= 4 is 23.2 Å². The number of nitrogens with two attached hydrogens (primary N) is 1. The molecule has 1 aliphatic rings. The Labute approximate surface area is 143 Å². The molecule has 0 saturated carbocycles. The normalized spacial score (nSPS) is 17.8. The largest absolute Gasteiger partial charge is 0.496 e. The Morgan fingerprint density at radius 2 is 2.26 bits per heavy atom. The maximum Gasteiger partial charge on any atom is 0.257 e. The molecule has 0 aliphatic carbocycles. The van der Waals surface area contributed by atoms with Crippen LogP contribution in [0.3, 0.4) is 0 Å². The number of anilines is 1. The van der Waals surface area contributed by atoms with Crippen molar-refractivity contribution in [2.45, 2.75) is 19.8 Å². The lowest BCUT2D eigenvalue weighted by molar-refractivity contribution is 0.0781. The first-order valence-corrected chi connectivity index (χ1v) is 8.44. The van der Waals surface area contributed by atoms with Crippen molar-refractivity contribution in [1.29, 1.82) is 0 Å². The van der Waals surface area contributed by atoms with Crippen molar-refractivity contribution in [3.8, 4) is 5.75 Å². The molecule has 5 nitrogen and oxygen atoms in total. The number of amides is 1. The van der Waals surface area contributed by atoms with Gasteiger partial charge in [0.1, 0.15) is 5.75 Å². The van der Waals surface area contributed by atoms with E-state index in [1.54, 1.807) is 12.1 Å². The monoisotopic (exact) mass is 339 g/mol. The molecule has 1 unspecified atom stereocenters. The SMILES string of the molecule is CCCN(C)CC1CCN(C(=O)c2cc(Cl)c(N)cc2OC)C1. The summed E-state index contributed by atoms with van der Waals surface area (Å²) in [6.45, 7) is 5.84. The summed E-state index contributed by atoms with van der Waals surface area (Å²) in [5, 5.41) is 0.382. The molecule has 2 rings (SSSR count). The summed E-state index contributed by atoms with van der Waals surface area (Å²) in [5.74, 6) is 0.957. The Kier molecular flexibility index (Phi) is 6.13. The molecule has 0 spiro atoms. The molecule has 128 valence electrons. The van der Waals surface area contributed by atoms with Gasteiger partial charge in [0, 0.05) is 25.7 Å². The van der Waals surface area contributed by atoms with Crippen LogP contribution >= 0.6 is 11.6 Å². The van der Waals surface area contributed by atoms with Gasteiger partial charge in [0.05, 0.1) is 23.4 Å². The zero-order chi connectivity index (χ0) is 17.0. The molecule has 1 saturated heterocycles. The van der Waals surface area contributed by atoms with Crippen LogP contribution in [0.5, 0.6) is 5.75 Å². The van der Waals surface area contributed by atoms with Crippen LogP contribution in [0.15, 0.2) is 12.1 Å². The highest BCUT2D eigenvalue weighted by molar-refractivity contribution is 6.33. The molecule has 0 radical (unpaired) electrons. The Morgan fingerprint density at radius 3 is 2.91 bits per heavy atom. The maximum atomic E-state index is 12.8. The molecule has 2 N–H and O–H groups in total. The van der Waals surface area contributed by atoms with E-state index in [9.17, 15) is 4.79 Å². The van der Waals surface area contributed by atoms with E-state index in [0.29, 0.717) is 27.9 Å². The van der Waals surface area contributed by atoms with Crippen molar-refractivity contribution in [2.75, 3.05) is 46.1 Å². The van der Waals surface area contributed by atoms with E-state index in [1.165, 1.54) is 7.11 Å². The van der Waals surface area contributed by atoms with E-state index in [2.05, 4.69) is 18.9 Å². The molecule has 1 aromatic carbocycles. The average Bonchev–Trinajstić information content (AvgIpc) is 2.97. The summed E-state index contributed by atoms with van der Waals surface area (Å²) in [6, 6.07) is 3.22. The van der Waals surface area contributed by atoms with Crippen molar-refractivity contribution in [1.82, 2.24) is 9.80 Å². The highest BCUT2D eigenvalue weighted by Crippen LogP contribution is 2.31. The first-order valence-electron chi connectivity index (χ1n) is 8.07. The molecule has 1 atom stereocenters. The first kappa shape index (κ1) is 17.9. The quantitative estimate of drug-likeness (QED) is 0.810. The fourth-order valence-electron chi connectivity index (χ4n) is 3.16. The molecule has 6 heteroatoms. The van der Waals surface area contributed by atoms with Gasteiger partial charge in [-0.1, -0.05) is 18.5 Å². The topological polar surface area (TPSA) is 58.8 Å². The van der Waals surface area contributed by atoms with Gasteiger partial charge in [-0.05, 0) is 38.4 Å². The number of halogens is 1. The van der Waals surface area contributed by atoms with Gasteiger partial charge in [-0.3, -0.25) is 4.79 Å². The standard InChI is InChI=1S/C17H26ClN3O2/c1-4-6-20(2)10-12-5-7-21(11-12)17(22)13-8-14(18)15(19)9-16(13)23-3/h8-9,12H,4-7,10-11,19H2,1-3H3. The van der Waals surface area contributed by atoms with Gasteiger partial charge in [-0.15, -0.1) is 0 Å². The third-order valence-corrected chi connectivity index (χ3v) is 4.62. The molecular weight excluding hydrogens is 314 g/mol. The number of likely N-dealkylation sites (tertiary alicyclic amines) is 1. The second kappa shape index (κ2) is 7.88. The van der Waals surface area contributed by atoms with Gasteiger partial charge >= 0.3 is 0 Å². The molecule has 1 heterocycles. The number of carbonyl (C=O) groups excluding carboxylic acids is 1. The van der Waals surface area contributed by atoms with Gasteiger partial charge < -0.3 is 20.3 Å². The van der Waals surface area contributed by atoms with Crippen molar-refractivity contribution in [3.05, 3.63) is 22.7 Å². The summed E-state index contributed by atoms with van der Waals surface area (Å²) < 4.78 is 5.29. The third-order valence-electron chi connectivity index (χ3n) is 4.30. The number of benzene rings is 1. The summed E-state index contributed by atoms with van der Waals surface area (Å²) in [6.07, 6.45) is 2.18. The summed E-state index contributed by atoms with van der Waals surface area (Å²) in [5.41, 5.74) is 6.68. The smallest absolute Gasteiger partial charge is 0.257 e. The second-order valence-corrected chi connectivity index (χ2v) is 6.65. The van der Waals surface area contributed by atoms with Crippen LogP contribution < -0.4 is 10.5 Å². The van der Waals surface area contributed by atoms with Gasteiger partial charge in [-0.25, -0.2) is 0 Å². The number of rotatable bonds is 6. The molecular formula is C17H26ClN3O2. The van der Waals surface area contributed by atoms with E-state index in [4.69, 9.17) is 22.1 Å². The van der Waals surface area contributed by atoms with Crippen molar-refractivity contribution in [3.63, 3.8) is 0 Å². The van der Waals surface area contributed by atoms with E-state index >= 15 is 0 Å². The highest BCUT2D eigenvalue weighted by atomic mass is 35.5. The summed E-state index contributed by atoms with van der Waals surface area (Å²) >= 11 is 6.07. The van der Waals surface area contributed by atoms with Crippen LogP contribution in [0.1, 0.15) is 30.1 Å². The van der Waals surface area contributed by atoms with Gasteiger partial charge in [0.2, 0.25) is 0 Å². The lowest BCUT2D eigenvalue weighted by Gasteiger charge is -2.21. The van der Waals surface area contributed by atoms with Crippen LogP contribution in [0.2, 0.25) is 5.02 Å². The van der Waals surface area contributed by atoms with Crippen LogP contribution in [-0.4, -0.2) is 56.0 Å². The molecule has 0 bridgehead atoms. The lowest BCUT2D eigenvalue weighted by atomic mass is 10.1. The van der Waals surface area contributed by atoms with Crippen LogP contribution in [0.25, 0.3) is 0 Å². The number of nitrogens with zero attached hydrogens (tertiary/aromatic N) is 2. The number of hydrogen-bond donors (Lipinski definition) is 1.